The summed E-state index contributed by atoms with van der Waals surface area (Å²) in [5, 5.41) is 4.96. The summed E-state index contributed by atoms with van der Waals surface area (Å²) < 4.78 is 19.2. The van der Waals surface area contributed by atoms with E-state index in [1.165, 1.54) is 12.1 Å². The Balaban J connectivity index is 1.53. The number of hydrogen-bond acceptors (Lipinski definition) is 4. The number of carbonyl (C=O) groups excluding carboxylic acids is 2. The van der Waals surface area contributed by atoms with Gasteiger partial charge in [-0.3, -0.25) is 4.79 Å². The number of amides is 3. The van der Waals surface area contributed by atoms with Crippen molar-refractivity contribution in [2.45, 2.75) is 45.9 Å². The number of nitrogens with zero attached hydrogens (tertiary/aromatic N) is 2. The fourth-order valence-electron chi connectivity index (χ4n) is 4.21. The lowest BCUT2D eigenvalue weighted by atomic mass is 10.2. The molecule has 1 fully saturated rings. The summed E-state index contributed by atoms with van der Waals surface area (Å²) in [6.45, 7) is 5.62. The third-order valence-corrected chi connectivity index (χ3v) is 7.40. The Hall–Kier alpha value is -3.23. The second kappa shape index (κ2) is 12.1. The summed E-state index contributed by atoms with van der Waals surface area (Å²) in [6, 6.07) is 15.4. The summed E-state index contributed by atoms with van der Waals surface area (Å²) in [5.41, 5.74) is 3.60. The molecular weight excluding hydrogens is 477 g/mol. The monoisotopic (exact) mass is 509 g/mol. The maximum atomic E-state index is 13.7. The lowest BCUT2D eigenvalue weighted by molar-refractivity contribution is -0.133. The molecule has 1 atom stereocenters. The summed E-state index contributed by atoms with van der Waals surface area (Å²) in [7, 11) is 0. The molecular formula is C28H32FN3O3S. The van der Waals surface area contributed by atoms with E-state index in [0.29, 0.717) is 31.9 Å². The van der Waals surface area contributed by atoms with Gasteiger partial charge in [-0.1, -0.05) is 30.3 Å². The van der Waals surface area contributed by atoms with Crippen LogP contribution in [0.3, 0.4) is 0 Å². The van der Waals surface area contributed by atoms with Crippen molar-refractivity contribution in [3.8, 4) is 0 Å². The number of rotatable bonds is 9. The molecule has 0 bridgehead atoms. The summed E-state index contributed by atoms with van der Waals surface area (Å²) in [5.74, 6) is -0.494. The van der Waals surface area contributed by atoms with Gasteiger partial charge in [0, 0.05) is 30.3 Å². The van der Waals surface area contributed by atoms with Crippen molar-refractivity contribution in [3.63, 3.8) is 0 Å². The van der Waals surface area contributed by atoms with Crippen LogP contribution in [0.25, 0.3) is 0 Å². The standard InChI is InChI=1S/C28H32FN3O3S/c1-20-6-3-4-8-25(20)30-28(34)32(17-24-7-5-14-35-24)19-27(33)31(18-26-21(2)13-15-36-26)16-22-9-11-23(29)12-10-22/h3-4,6,8-13,15,24H,5,7,14,16-19H2,1-2H3,(H,30,34). The molecule has 2 aromatic carbocycles. The van der Waals surface area contributed by atoms with Crippen LogP contribution >= 0.6 is 11.3 Å². The fraction of sp³-hybridized carbons (Fsp3) is 0.357. The van der Waals surface area contributed by atoms with E-state index in [1.807, 2.05) is 49.6 Å². The van der Waals surface area contributed by atoms with E-state index < -0.39 is 0 Å². The quantitative estimate of drug-likeness (QED) is 0.400. The molecule has 0 spiro atoms. The first kappa shape index (κ1) is 25.9. The molecule has 0 aliphatic carbocycles. The third kappa shape index (κ3) is 6.92. The highest BCUT2D eigenvalue weighted by molar-refractivity contribution is 7.10. The Bertz CT molecular complexity index is 1170. The van der Waals surface area contributed by atoms with Crippen molar-refractivity contribution in [1.29, 1.82) is 0 Å². The molecule has 2 heterocycles. The molecule has 0 radical (unpaired) electrons. The number of aryl methyl sites for hydroxylation is 2. The SMILES string of the molecule is Cc1ccccc1NC(=O)N(CC(=O)N(Cc1ccc(F)cc1)Cc1sccc1C)CC1CCCO1. The molecule has 36 heavy (non-hydrogen) atoms. The topological polar surface area (TPSA) is 61.9 Å². The number of benzene rings is 2. The molecule has 190 valence electrons. The van der Waals surface area contributed by atoms with Crippen molar-refractivity contribution in [1.82, 2.24) is 9.80 Å². The molecule has 3 amide bonds. The molecule has 6 nitrogen and oxygen atoms in total. The van der Waals surface area contributed by atoms with Crippen LogP contribution in [0, 0.1) is 19.7 Å². The molecule has 4 rings (SSSR count). The summed E-state index contributed by atoms with van der Waals surface area (Å²) >= 11 is 1.60. The van der Waals surface area contributed by atoms with E-state index in [9.17, 15) is 14.0 Å². The normalized spacial score (nSPS) is 15.0. The van der Waals surface area contributed by atoms with Gasteiger partial charge in [-0.2, -0.15) is 0 Å². The average Bonchev–Trinajstić information content (AvgIpc) is 3.52. The smallest absolute Gasteiger partial charge is 0.322 e. The first-order valence-electron chi connectivity index (χ1n) is 12.2. The molecule has 1 aliphatic heterocycles. The first-order valence-corrected chi connectivity index (χ1v) is 13.1. The zero-order valence-corrected chi connectivity index (χ0v) is 21.5. The minimum atomic E-state index is -0.331. The maximum Gasteiger partial charge on any atom is 0.322 e. The van der Waals surface area contributed by atoms with Crippen LogP contribution in [-0.2, 0) is 22.6 Å². The molecule has 0 saturated carbocycles. The van der Waals surface area contributed by atoms with Gasteiger partial charge in [-0.05, 0) is 73.0 Å². The van der Waals surface area contributed by atoms with Crippen LogP contribution in [0.1, 0.15) is 34.4 Å². The highest BCUT2D eigenvalue weighted by atomic mass is 32.1. The van der Waals surface area contributed by atoms with Crippen molar-refractivity contribution in [3.05, 3.63) is 87.4 Å². The number of thiophene rings is 1. The molecule has 1 N–H and O–H groups in total. The van der Waals surface area contributed by atoms with Gasteiger partial charge < -0.3 is 19.9 Å². The van der Waals surface area contributed by atoms with Gasteiger partial charge in [0.2, 0.25) is 5.91 Å². The Kier molecular flexibility index (Phi) is 8.72. The lowest BCUT2D eigenvalue weighted by Crippen LogP contribution is -2.46. The van der Waals surface area contributed by atoms with Crippen LogP contribution in [0.2, 0.25) is 0 Å². The highest BCUT2D eigenvalue weighted by Crippen LogP contribution is 2.21. The van der Waals surface area contributed by atoms with Gasteiger partial charge >= 0.3 is 6.03 Å². The van der Waals surface area contributed by atoms with Crippen LogP contribution in [0.15, 0.2) is 60.0 Å². The average molecular weight is 510 g/mol. The number of hydrogen-bond donors (Lipinski definition) is 1. The van der Waals surface area contributed by atoms with Gasteiger partial charge in [0.05, 0.1) is 12.6 Å². The second-order valence-electron chi connectivity index (χ2n) is 9.16. The zero-order chi connectivity index (χ0) is 25.5. The molecule has 8 heteroatoms. The van der Waals surface area contributed by atoms with E-state index in [4.69, 9.17) is 4.74 Å². The van der Waals surface area contributed by atoms with Gasteiger partial charge in [0.15, 0.2) is 0 Å². The van der Waals surface area contributed by atoms with E-state index in [-0.39, 0.29) is 30.4 Å². The van der Waals surface area contributed by atoms with E-state index in [0.717, 1.165) is 34.4 Å². The second-order valence-corrected chi connectivity index (χ2v) is 10.2. The fourth-order valence-corrected chi connectivity index (χ4v) is 5.13. The van der Waals surface area contributed by atoms with Gasteiger partial charge in [0.1, 0.15) is 12.4 Å². The molecule has 3 aromatic rings. The predicted molar refractivity (Wildman–Crippen MR) is 140 cm³/mol. The van der Waals surface area contributed by atoms with Crippen molar-refractivity contribution in [2.24, 2.45) is 0 Å². The van der Waals surface area contributed by atoms with Crippen molar-refractivity contribution in [2.75, 3.05) is 25.0 Å². The third-order valence-electron chi connectivity index (χ3n) is 6.39. The number of halogens is 1. The zero-order valence-electron chi connectivity index (χ0n) is 20.7. The first-order chi connectivity index (χ1) is 17.4. The van der Waals surface area contributed by atoms with Gasteiger partial charge in [0.25, 0.3) is 0 Å². The Morgan fingerprint density at radius 3 is 2.47 bits per heavy atom. The number of urea groups is 1. The van der Waals surface area contributed by atoms with Crippen LogP contribution < -0.4 is 5.32 Å². The largest absolute Gasteiger partial charge is 0.376 e. The van der Waals surface area contributed by atoms with Crippen molar-refractivity contribution >= 4 is 29.0 Å². The Labute approximate surface area is 215 Å². The van der Waals surface area contributed by atoms with Gasteiger partial charge in [-0.15, -0.1) is 11.3 Å². The minimum absolute atomic E-state index is 0.0802. The summed E-state index contributed by atoms with van der Waals surface area (Å²) in [4.78, 5) is 31.3. The van der Waals surface area contributed by atoms with Crippen LogP contribution in [0.4, 0.5) is 14.9 Å². The molecule has 1 saturated heterocycles. The molecule has 1 unspecified atom stereocenters. The number of para-hydroxylation sites is 1. The molecule has 1 aromatic heterocycles. The predicted octanol–water partition coefficient (Wildman–Crippen LogP) is 5.75. The number of anilines is 1. The minimum Gasteiger partial charge on any atom is -0.376 e. The number of nitrogens with one attached hydrogen (secondary N) is 1. The lowest BCUT2D eigenvalue weighted by Gasteiger charge is -2.29. The number of ether oxygens (including phenoxy) is 1. The van der Waals surface area contributed by atoms with E-state index in [1.54, 1.807) is 33.3 Å². The highest BCUT2D eigenvalue weighted by Gasteiger charge is 2.27. The summed E-state index contributed by atoms with van der Waals surface area (Å²) in [6.07, 6.45) is 1.71. The van der Waals surface area contributed by atoms with Crippen molar-refractivity contribution < 1.29 is 18.7 Å². The number of carbonyl (C=O) groups is 2. The van der Waals surface area contributed by atoms with Gasteiger partial charge in [-0.25, -0.2) is 9.18 Å². The Morgan fingerprint density at radius 1 is 1.03 bits per heavy atom. The van der Waals surface area contributed by atoms with E-state index >= 15 is 0 Å². The maximum absolute atomic E-state index is 13.7. The molecule has 1 aliphatic rings. The van der Waals surface area contributed by atoms with Crippen LogP contribution in [0.5, 0.6) is 0 Å². The van der Waals surface area contributed by atoms with E-state index in [2.05, 4.69) is 5.32 Å². The Morgan fingerprint density at radius 2 is 1.81 bits per heavy atom. The van der Waals surface area contributed by atoms with Crippen LogP contribution in [-0.4, -0.2) is 47.5 Å².